The van der Waals surface area contributed by atoms with Crippen LogP contribution in [0.4, 0.5) is 0 Å². The second-order valence-corrected chi connectivity index (χ2v) is 9.82. The van der Waals surface area contributed by atoms with E-state index in [-0.39, 0.29) is 22.7 Å². The Balaban J connectivity index is 1.69. The number of rotatable bonds is 5. The quantitative estimate of drug-likeness (QED) is 0.595. The zero-order valence-electron chi connectivity index (χ0n) is 14.0. The van der Waals surface area contributed by atoms with Gasteiger partial charge < -0.3 is 0 Å². The number of aromatic amines is 1. The molecule has 1 unspecified atom stereocenters. The summed E-state index contributed by atoms with van der Waals surface area (Å²) in [4.78, 5) is 15.3. The van der Waals surface area contributed by atoms with Crippen molar-refractivity contribution in [1.82, 2.24) is 19.5 Å². The summed E-state index contributed by atoms with van der Waals surface area (Å²) in [6, 6.07) is 4.60. The van der Waals surface area contributed by atoms with Gasteiger partial charge in [-0.3, -0.25) is 4.98 Å². The molecule has 0 aliphatic heterocycles. The predicted molar refractivity (Wildman–Crippen MR) is 111 cm³/mol. The van der Waals surface area contributed by atoms with Crippen LogP contribution < -0.4 is 10.4 Å². The van der Waals surface area contributed by atoms with E-state index in [1.165, 1.54) is 4.68 Å². The molecule has 2 aliphatic carbocycles. The molecule has 142 valence electrons. The Labute approximate surface area is 174 Å². The number of halogens is 2. The van der Waals surface area contributed by atoms with Crippen molar-refractivity contribution in [3.63, 3.8) is 0 Å². The van der Waals surface area contributed by atoms with E-state index in [4.69, 9.17) is 11.6 Å². The molecule has 1 heterocycles. The van der Waals surface area contributed by atoms with E-state index < -0.39 is 10.0 Å². The summed E-state index contributed by atoms with van der Waals surface area (Å²) < 4.78 is 29.8. The van der Waals surface area contributed by atoms with Gasteiger partial charge in [-0.05, 0) is 66.1 Å². The Bertz CT molecular complexity index is 1120. The molecule has 2 aromatic rings. The van der Waals surface area contributed by atoms with Crippen molar-refractivity contribution in [2.24, 2.45) is 0 Å². The molecule has 7 nitrogen and oxygen atoms in total. The molecule has 10 heteroatoms. The molecule has 1 aromatic heterocycles. The first-order valence-corrected chi connectivity index (χ1v) is 11.3. The van der Waals surface area contributed by atoms with Crippen molar-refractivity contribution in [2.75, 3.05) is 0 Å². The zero-order valence-corrected chi connectivity index (χ0v) is 17.8. The number of H-pyrrole nitrogens is 1. The number of nitrogens with zero attached hydrogens (tertiary/aromatic N) is 2. The highest BCUT2D eigenvalue weighted by atomic mass is 127. The molecule has 4 rings (SSSR count). The third-order valence-electron chi connectivity index (χ3n) is 4.39. The molecule has 0 bridgehead atoms. The van der Waals surface area contributed by atoms with E-state index in [0.717, 1.165) is 16.4 Å². The van der Waals surface area contributed by atoms with Gasteiger partial charge in [0, 0.05) is 20.2 Å². The summed E-state index contributed by atoms with van der Waals surface area (Å²) in [5.74, 6) is 0.335. The predicted octanol–water partition coefficient (Wildman–Crippen LogP) is 2.91. The fourth-order valence-corrected chi connectivity index (χ4v) is 4.87. The lowest BCUT2D eigenvalue weighted by molar-refractivity contribution is 0.522. The van der Waals surface area contributed by atoms with E-state index in [0.29, 0.717) is 22.8 Å². The lowest BCUT2D eigenvalue weighted by atomic mass is 10.1. The molecule has 1 fully saturated rings. The largest absolute Gasteiger partial charge is 0.344 e. The second-order valence-electron chi connectivity index (χ2n) is 6.51. The van der Waals surface area contributed by atoms with Gasteiger partial charge in [0.05, 0.1) is 10.9 Å². The number of hydrogen-bond acceptors (Lipinski definition) is 4. The summed E-state index contributed by atoms with van der Waals surface area (Å²) >= 11 is 8.02. The van der Waals surface area contributed by atoms with Gasteiger partial charge >= 0.3 is 5.69 Å². The minimum absolute atomic E-state index is 0.0229. The van der Waals surface area contributed by atoms with Gasteiger partial charge in [-0.1, -0.05) is 23.8 Å². The van der Waals surface area contributed by atoms with Crippen molar-refractivity contribution in [1.29, 1.82) is 0 Å². The lowest BCUT2D eigenvalue weighted by Crippen LogP contribution is -2.25. The fourth-order valence-electron chi connectivity index (χ4n) is 2.79. The molecular weight excluding hydrogens is 503 g/mol. The van der Waals surface area contributed by atoms with Gasteiger partial charge in [0.2, 0.25) is 10.0 Å². The van der Waals surface area contributed by atoms with Gasteiger partial charge in [0.15, 0.2) is 5.82 Å². The van der Waals surface area contributed by atoms with Crippen LogP contribution in [0, 0.1) is 3.57 Å². The first kappa shape index (κ1) is 18.9. The van der Waals surface area contributed by atoms with Crippen LogP contribution in [0.3, 0.4) is 0 Å². The van der Waals surface area contributed by atoms with Crippen molar-refractivity contribution >= 4 is 44.2 Å². The maximum atomic E-state index is 12.5. The van der Waals surface area contributed by atoms with Crippen molar-refractivity contribution in [3.8, 4) is 11.4 Å². The fraction of sp³-hybridized carbons (Fsp3) is 0.294. The van der Waals surface area contributed by atoms with Crippen LogP contribution in [0.15, 0.2) is 51.1 Å². The normalized spacial score (nSPS) is 19.9. The second kappa shape index (κ2) is 7.19. The summed E-state index contributed by atoms with van der Waals surface area (Å²) in [5.41, 5.74) is 0.213. The number of sulfonamides is 1. The number of allylic oxidation sites excluding steroid dienone is 4. The number of nitrogens with one attached hydrogen (secondary N) is 2. The van der Waals surface area contributed by atoms with Crippen LogP contribution in [0.2, 0.25) is 0 Å². The molecule has 2 aliphatic rings. The Hall–Kier alpha value is -1.43. The number of aromatic nitrogens is 3. The molecular formula is C17H16ClIN4O3S. The Kier molecular flexibility index (Phi) is 5.04. The van der Waals surface area contributed by atoms with Crippen molar-refractivity contribution < 1.29 is 8.42 Å². The summed E-state index contributed by atoms with van der Waals surface area (Å²) in [7, 11) is -3.59. The standard InChI is InChI=1S/C17H16ClIN4O3S/c18-10-1-5-12(6-2-10)23-17(24)20-16(21-23)14-9-13(7-8-15(14)19)27(25,26)22-11-3-4-11/h1-2,5,7-9,11-12,22H,3-4,6H2,(H,20,21,24). The van der Waals surface area contributed by atoms with E-state index >= 15 is 0 Å². The molecule has 0 saturated heterocycles. The van der Waals surface area contributed by atoms with Gasteiger partial charge in [0.25, 0.3) is 0 Å². The molecule has 2 N–H and O–H groups in total. The average molecular weight is 519 g/mol. The zero-order chi connectivity index (χ0) is 19.2. The van der Waals surface area contributed by atoms with Crippen LogP contribution in [-0.2, 0) is 10.0 Å². The summed E-state index contributed by atoms with van der Waals surface area (Å²) in [5, 5.41) is 5.02. The third kappa shape index (κ3) is 4.05. The van der Waals surface area contributed by atoms with E-state index in [2.05, 4.69) is 37.4 Å². The van der Waals surface area contributed by atoms with Crippen LogP contribution in [0.5, 0.6) is 0 Å². The van der Waals surface area contributed by atoms with Crippen LogP contribution in [-0.4, -0.2) is 29.2 Å². The number of benzene rings is 1. The molecule has 1 saturated carbocycles. The number of hydrogen-bond donors (Lipinski definition) is 2. The minimum Gasteiger partial charge on any atom is -0.289 e. The smallest absolute Gasteiger partial charge is 0.289 e. The average Bonchev–Trinajstić information content (AvgIpc) is 3.34. The minimum atomic E-state index is -3.59. The highest BCUT2D eigenvalue weighted by Crippen LogP contribution is 2.28. The highest BCUT2D eigenvalue weighted by molar-refractivity contribution is 14.1. The summed E-state index contributed by atoms with van der Waals surface area (Å²) in [6.07, 6.45) is 7.67. The molecule has 0 radical (unpaired) electrons. The molecule has 1 atom stereocenters. The maximum absolute atomic E-state index is 12.5. The van der Waals surface area contributed by atoms with Crippen molar-refractivity contribution in [3.05, 3.63) is 55.5 Å². The van der Waals surface area contributed by atoms with Crippen LogP contribution >= 0.6 is 34.2 Å². The Morgan fingerprint density at radius 3 is 2.78 bits per heavy atom. The van der Waals surface area contributed by atoms with Gasteiger partial charge in [-0.25, -0.2) is 22.6 Å². The van der Waals surface area contributed by atoms with E-state index in [1.54, 1.807) is 24.3 Å². The van der Waals surface area contributed by atoms with Gasteiger partial charge in [-0.15, -0.1) is 5.10 Å². The Morgan fingerprint density at radius 2 is 2.11 bits per heavy atom. The molecule has 0 amide bonds. The monoisotopic (exact) mass is 518 g/mol. The molecule has 1 aromatic carbocycles. The topological polar surface area (TPSA) is 96.8 Å². The molecule has 0 spiro atoms. The van der Waals surface area contributed by atoms with E-state index in [9.17, 15) is 13.2 Å². The first-order chi connectivity index (χ1) is 12.8. The molecule has 27 heavy (non-hydrogen) atoms. The van der Waals surface area contributed by atoms with Crippen molar-refractivity contribution in [2.45, 2.75) is 36.2 Å². The van der Waals surface area contributed by atoms with Gasteiger partial charge in [-0.2, -0.15) is 0 Å². The van der Waals surface area contributed by atoms with Gasteiger partial charge in [0.1, 0.15) is 0 Å². The van der Waals surface area contributed by atoms with Crippen LogP contribution in [0.25, 0.3) is 11.4 Å². The maximum Gasteiger partial charge on any atom is 0.344 e. The summed E-state index contributed by atoms with van der Waals surface area (Å²) in [6.45, 7) is 0. The van der Waals surface area contributed by atoms with Crippen LogP contribution in [0.1, 0.15) is 25.3 Å². The third-order valence-corrected chi connectivity index (χ3v) is 7.13. The first-order valence-electron chi connectivity index (χ1n) is 8.38. The lowest BCUT2D eigenvalue weighted by Gasteiger charge is -2.13. The highest BCUT2D eigenvalue weighted by Gasteiger charge is 2.28. The van der Waals surface area contributed by atoms with E-state index in [1.807, 2.05) is 12.2 Å². The SMILES string of the molecule is O=c1[nH]c(-c2cc(S(=O)(=O)NC3CC3)ccc2I)nn1C1C=CC(Cl)=CC1. The Morgan fingerprint density at radius 1 is 1.33 bits per heavy atom.